The SMILES string of the molecule is CC(Cc1cnccn1)n1ccnc1-c1nc2ccccc2n1C. The summed E-state index contributed by atoms with van der Waals surface area (Å²) < 4.78 is 4.24. The Labute approximate surface area is 139 Å². The molecule has 1 aromatic carbocycles. The van der Waals surface area contributed by atoms with Crippen molar-refractivity contribution in [2.75, 3.05) is 0 Å². The first-order valence-corrected chi connectivity index (χ1v) is 7.93. The largest absolute Gasteiger partial charge is 0.325 e. The minimum Gasteiger partial charge on any atom is -0.325 e. The Kier molecular flexibility index (Phi) is 3.57. The molecule has 3 heterocycles. The van der Waals surface area contributed by atoms with Gasteiger partial charge in [-0.05, 0) is 19.1 Å². The van der Waals surface area contributed by atoms with E-state index in [9.17, 15) is 0 Å². The summed E-state index contributed by atoms with van der Waals surface area (Å²) in [7, 11) is 2.02. The van der Waals surface area contributed by atoms with Gasteiger partial charge in [0.1, 0.15) is 0 Å². The zero-order valence-electron chi connectivity index (χ0n) is 13.7. The van der Waals surface area contributed by atoms with Crippen LogP contribution in [0.4, 0.5) is 0 Å². The molecule has 3 aromatic heterocycles. The van der Waals surface area contributed by atoms with Crippen molar-refractivity contribution >= 4 is 11.0 Å². The molecular weight excluding hydrogens is 300 g/mol. The van der Waals surface area contributed by atoms with Crippen LogP contribution in [0.5, 0.6) is 0 Å². The average Bonchev–Trinajstić information content (AvgIpc) is 3.21. The van der Waals surface area contributed by atoms with Crippen LogP contribution in [0.15, 0.2) is 55.2 Å². The molecule has 0 spiro atoms. The van der Waals surface area contributed by atoms with Gasteiger partial charge in [0.05, 0.1) is 16.7 Å². The topological polar surface area (TPSA) is 61.4 Å². The van der Waals surface area contributed by atoms with Gasteiger partial charge < -0.3 is 9.13 Å². The monoisotopic (exact) mass is 318 g/mol. The number of aromatic nitrogens is 6. The number of fused-ring (bicyclic) bond motifs is 1. The highest BCUT2D eigenvalue weighted by Crippen LogP contribution is 2.25. The third kappa shape index (κ3) is 2.46. The summed E-state index contributed by atoms with van der Waals surface area (Å²) in [5.74, 6) is 1.73. The third-order valence-corrected chi connectivity index (χ3v) is 4.25. The minimum atomic E-state index is 0.207. The van der Waals surface area contributed by atoms with Gasteiger partial charge in [0.25, 0.3) is 0 Å². The minimum absolute atomic E-state index is 0.207. The van der Waals surface area contributed by atoms with Crippen molar-refractivity contribution in [2.24, 2.45) is 7.05 Å². The molecule has 0 amide bonds. The molecule has 0 bridgehead atoms. The molecule has 4 rings (SSSR count). The smallest absolute Gasteiger partial charge is 0.177 e. The Morgan fingerprint density at radius 3 is 2.71 bits per heavy atom. The van der Waals surface area contributed by atoms with Gasteiger partial charge in [0.15, 0.2) is 11.6 Å². The van der Waals surface area contributed by atoms with Crippen LogP contribution in [0.3, 0.4) is 0 Å². The van der Waals surface area contributed by atoms with Gasteiger partial charge in [-0.2, -0.15) is 0 Å². The number of hydrogen-bond acceptors (Lipinski definition) is 4. The van der Waals surface area contributed by atoms with Crippen LogP contribution in [-0.4, -0.2) is 29.1 Å². The first-order chi connectivity index (χ1) is 11.7. The zero-order valence-corrected chi connectivity index (χ0v) is 13.7. The fourth-order valence-electron chi connectivity index (χ4n) is 3.02. The molecule has 4 aromatic rings. The number of rotatable bonds is 4. The number of hydrogen-bond donors (Lipinski definition) is 0. The molecule has 6 nitrogen and oxygen atoms in total. The fraction of sp³-hybridized carbons (Fsp3) is 0.222. The van der Waals surface area contributed by atoms with E-state index in [1.54, 1.807) is 12.4 Å². The molecule has 0 fully saturated rings. The Morgan fingerprint density at radius 1 is 1.04 bits per heavy atom. The van der Waals surface area contributed by atoms with Crippen LogP contribution < -0.4 is 0 Å². The molecule has 0 N–H and O–H groups in total. The van der Waals surface area contributed by atoms with Gasteiger partial charge >= 0.3 is 0 Å². The summed E-state index contributed by atoms with van der Waals surface area (Å²) in [5.41, 5.74) is 3.05. The van der Waals surface area contributed by atoms with Crippen molar-refractivity contribution in [1.29, 1.82) is 0 Å². The van der Waals surface area contributed by atoms with E-state index in [1.807, 2.05) is 43.8 Å². The predicted octanol–water partition coefficient (Wildman–Crippen LogP) is 3.03. The summed E-state index contributed by atoms with van der Waals surface area (Å²) in [6.45, 7) is 2.16. The Balaban J connectivity index is 1.72. The van der Waals surface area contributed by atoms with E-state index in [4.69, 9.17) is 4.98 Å². The molecule has 1 atom stereocenters. The normalized spacial score (nSPS) is 12.6. The van der Waals surface area contributed by atoms with Crippen LogP contribution in [0.25, 0.3) is 22.7 Å². The van der Waals surface area contributed by atoms with E-state index in [0.29, 0.717) is 0 Å². The number of para-hydroxylation sites is 2. The summed E-state index contributed by atoms with van der Waals surface area (Å²) in [6.07, 6.45) is 9.83. The molecule has 1 unspecified atom stereocenters. The van der Waals surface area contributed by atoms with Gasteiger partial charge in [-0.1, -0.05) is 12.1 Å². The Bertz CT molecular complexity index is 970. The van der Waals surface area contributed by atoms with E-state index >= 15 is 0 Å². The molecule has 6 heteroatoms. The highest BCUT2D eigenvalue weighted by Gasteiger charge is 2.18. The zero-order chi connectivity index (χ0) is 16.5. The van der Waals surface area contributed by atoms with Crippen LogP contribution in [0.1, 0.15) is 18.7 Å². The van der Waals surface area contributed by atoms with E-state index in [0.717, 1.165) is 34.8 Å². The summed E-state index contributed by atoms with van der Waals surface area (Å²) in [5, 5.41) is 0. The second-order valence-electron chi connectivity index (χ2n) is 5.89. The summed E-state index contributed by atoms with van der Waals surface area (Å²) >= 11 is 0. The van der Waals surface area contributed by atoms with Crippen molar-refractivity contribution in [3.8, 4) is 11.6 Å². The standard InChI is InChI=1S/C18H18N6/c1-13(11-14-12-19-7-8-20-14)24-10-9-21-17(24)18-22-15-5-3-4-6-16(15)23(18)2/h3-10,12-13H,11H2,1-2H3. The van der Waals surface area contributed by atoms with E-state index in [-0.39, 0.29) is 6.04 Å². The van der Waals surface area contributed by atoms with Crippen LogP contribution >= 0.6 is 0 Å². The maximum atomic E-state index is 4.76. The molecule has 0 radical (unpaired) electrons. The molecular formula is C18H18N6. The lowest BCUT2D eigenvalue weighted by molar-refractivity contribution is 0.540. The molecule has 120 valence electrons. The molecule has 0 saturated heterocycles. The first-order valence-electron chi connectivity index (χ1n) is 7.93. The molecule has 24 heavy (non-hydrogen) atoms. The number of imidazole rings is 2. The van der Waals surface area contributed by atoms with Gasteiger partial charge in [-0.15, -0.1) is 0 Å². The van der Waals surface area contributed by atoms with Crippen molar-refractivity contribution < 1.29 is 0 Å². The first kappa shape index (κ1) is 14.6. The second-order valence-corrected chi connectivity index (χ2v) is 5.89. The molecule has 0 saturated carbocycles. The van der Waals surface area contributed by atoms with Gasteiger partial charge in [0, 0.05) is 50.5 Å². The van der Waals surface area contributed by atoms with Crippen molar-refractivity contribution in [1.82, 2.24) is 29.1 Å². The van der Waals surface area contributed by atoms with Gasteiger partial charge in [-0.3, -0.25) is 9.97 Å². The number of nitrogens with zero attached hydrogens (tertiary/aromatic N) is 6. The van der Waals surface area contributed by atoms with Crippen molar-refractivity contribution in [3.63, 3.8) is 0 Å². The highest BCUT2D eigenvalue weighted by atomic mass is 15.2. The summed E-state index contributed by atoms with van der Waals surface area (Å²) in [4.78, 5) is 17.8. The quantitative estimate of drug-likeness (QED) is 0.580. The van der Waals surface area contributed by atoms with Gasteiger partial charge in [-0.25, -0.2) is 9.97 Å². The van der Waals surface area contributed by atoms with E-state index < -0.39 is 0 Å². The lowest BCUT2D eigenvalue weighted by Crippen LogP contribution is -2.11. The van der Waals surface area contributed by atoms with Crippen molar-refractivity contribution in [2.45, 2.75) is 19.4 Å². The van der Waals surface area contributed by atoms with E-state index in [2.05, 4.69) is 37.1 Å². The maximum Gasteiger partial charge on any atom is 0.177 e. The van der Waals surface area contributed by atoms with E-state index in [1.165, 1.54) is 0 Å². The summed E-state index contributed by atoms with van der Waals surface area (Å²) in [6, 6.07) is 8.33. The van der Waals surface area contributed by atoms with Crippen LogP contribution in [0, 0.1) is 0 Å². The number of aryl methyl sites for hydroxylation is 1. The highest BCUT2D eigenvalue weighted by molar-refractivity contribution is 5.79. The lowest BCUT2D eigenvalue weighted by atomic mass is 10.2. The van der Waals surface area contributed by atoms with Gasteiger partial charge in [0.2, 0.25) is 0 Å². The Hall–Kier alpha value is -3.02. The number of benzene rings is 1. The van der Waals surface area contributed by atoms with Crippen LogP contribution in [0.2, 0.25) is 0 Å². The average molecular weight is 318 g/mol. The maximum absolute atomic E-state index is 4.76. The van der Waals surface area contributed by atoms with Crippen molar-refractivity contribution in [3.05, 3.63) is 60.9 Å². The molecule has 0 aliphatic carbocycles. The lowest BCUT2D eigenvalue weighted by Gasteiger charge is -2.15. The van der Waals surface area contributed by atoms with Crippen LogP contribution in [-0.2, 0) is 13.5 Å². The predicted molar refractivity (Wildman–Crippen MR) is 92.4 cm³/mol. The third-order valence-electron chi connectivity index (χ3n) is 4.25. The second kappa shape index (κ2) is 5.88. The molecule has 0 aliphatic rings. The molecule has 0 aliphatic heterocycles. The Morgan fingerprint density at radius 2 is 1.92 bits per heavy atom. The fourth-order valence-corrected chi connectivity index (χ4v) is 3.02.